The molecule has 0 fully saturated rings. The van der Waals surface area contributed by atoms with Crippen LogP contribution in [0, 0.1) is 5.41 Å². The first kappa shape index (κ1) is 26.5. The van der Waals surface area contributed by atoms with Gasteiger partial charge in [0.2, 0.25) is 5.90 Å². The largest absolute Gasteiger partial charge is 0.474 e. The fraction of sp³-hybridized carbons (Fsp3) is 0.533. The number of benzene rings is 2. The van der Waals surface area contributed by atoms with E-state index < -0.39 is 9.16 Å². The Morgan fingerprint density at radius 3 is 1.85 bits per heavy atom. The maximum absolute atomic E-state index is 6.23. The van der Waals surface area contributed by atoms with E-state index in [4.69, 9.17) is 14.7 Å². The van der Waals surface area contributed by atoms with Gasteiger partial charge < -0.3 is 4.74 Å². The van der Waals surface area contributed by atoms with Crippen LogP contribution in [0.25, 0.3) is 0 Å². The monoisotopic (exact) mass is 482 g/mol. The van der Waals surface area contributed by atoms with Crippen LogP contribution in [-0.4, -0.2) is 49.3 Å². The molecule has 2 aromatic carbocycles. The van der Waals surface area contributed by atoms with Crippen molar-refractivity contribution in [3.63, 3.8) is 0 Å². The molecule has 0 spiro atoms. The second-order valence-corrected chi connectivity index (χ2v) is 21.0. The van der Waals surface area contributed by atoms with Gasteiger partial charge in [-0.2, -0.15) is 0 Å². The molecule has 0 unspecified atom stereocenters. The van der Waals surface area contributed by atoms with Crippen LogP contribution in [0.3, 0.4) is 0 Å². The molecule has 0 bridgehead atoms. The molecule has 4 heteroatoms. The molecule has 1 aliphatic heterocycles. The molecule has 0 aliphatic carbocycles. The fourth-order valence-electron chi connectivity index (χ4n) is 4.15. The second-order valence-electron chi connectivity index (χ2n) is 13.3. The van der Waals surface area contributed by atoms with E-state index in [0.29, 0.717) is 24.3 Å². The van der Waals surface area contributed by atoms with E-state index in [1.54, 1.807) is 0 Å². The molecule has 0 radical (unpaired) electrons. The first-order valence-corrected chi connectivity index (χ1v) is 16.6. The number of hydrogen-bond acceptors (Lipinski definition) is 3. The molecule has 1 heterocycles. The highest BCUT2D eigenvalue weighted by atomic mass is 32.3. The van der Waals surface area contributed by atoms with E-state index in [-0.39, 0.29) is 11.5 Å². The highest BCUT2D eigenvalue weighted by molar-refractivity contribution is 8.47. The normalized spacial score (nSPS) is 18.6. The Kier molecular flexibility index (Phi) is 7.17. The SMILES string of the molecule is CC(C)c1cccc(C(C)C)c1/N=C(/C1=N[C@@H](C(C)(C)C)CO1)c1ccc([SH](C)(C)(C)C)cc1. The minimum absolute atomic E-state index is 0.0434. The number of ether oxygens (including phenoxy) is 1. The molecule has 3 rings (SSSR count). The Bertz CT molecular complexity index is 1060. The molecular weight excluding hydrogens is 436 g/mol. The van der Waals surface area contributed by atoms with E-state index in [9.17, 15) is 0 Å². The number of rotatable bonds is 6. The van der Waals surface area contributed by atoms with Gasteiger partial charge in [0.05, 0.1) is 11.7 Å². The maximum Gasteiger partial charge on any atom is 0.236 e. The van der Waals surface area contributed by atoms with Crippen LogP contribution in [0.2, 0.25) is 0 Å². The lowest BCUT2D eigenvalue weighted by Crippen LogP contribution is -2.25. The molecule has 1 atom stereocenters. The zero-order valence-corrected chi connectivity index (χ0v) is 24.1. The number of thiol groups is 1. The van der Waals surface area contributed by atoms with Crippen molar-refractivity contribution < 1.29 is 4.74 Å². The van der Waals surface area contributed by atoms with Gasteiger partial charge in [-0.15, -0.1) is 0 Å². The van der Waals surface area contributed by atoms with Crippen molar-refractivity contribution in [1.82, 2.24) is 0 Å². The fourth-order valence-corrected chi connectivity index (χ4v) is 5.49. The summed E-state index contributed by atoms with van der Waals surface area (Å²) in [6.07, 6.45) is 9.56. The first-order chi connectivity index (χ1) is 15.5. The Morgan fingerprint density at radius 1 is 0.912 bits per heavy atom. The van der Waals surface area contributed by atoms with Crippen molar-refractivity contribution >= 4 is 26.5 Å². The molecule has 0 N–H and O–H groups in total. The van der Waals surface area contributed by atoms with Gasteiger partial charge in [-0.1, -0.05) is 90.9 Å². The van der Waals surface area contributed by atoms with Crippen LogP contribution in [0.5, 0.6) is 0 Å². The third kappa shape index (κ3) is 5.94. The minimum atomic E-state index is -1.85. The lowest BCUT2D eigenvalue weighted by molar-refractivity contribution is 0.237. The molecular formula is C30H46N2OS. The highest BCUT2D eigenvalue weighted by Crippen LogP contribution is 2.63. The predicted octanol–water partition coefficient (Wildman–Crippen LogP) is 7.85. The lowest BCUT2D eigenvalue weighted by Gasteiger charge is -2.47. The molecule has 1 aliphatic rings. The van der Waals surface area contributed by atoms with Crippen LogP contribution in [-0.2, 0) is 4.74 Å². The van der Waals surface area contributed by atoms with Gasteiger partial charge in [0, 0.05) is 5.56 Å². The van der Waals surface area contributed by atoms with E-state index >= 15 is 0 Å². The molecule has 3 nitrogen and oxygen atoms in total. The van der Waals surface area contributed by atoms with Gasteiger partial charge in [-0.05, 0) is 58.3 Å². The summed E-state index contributed by atoms with van der Waals surface area (Å²) >= 11 is 0. The molecule has 0 saturated carbocycles. The zero-order chi connectivity index (χ0) is 25.5. The third-order valence-corrected chi connectivity index (χ3v) is 8.96. The summed E-state index contributed by atoms with van der Waals surface area (Å²) in [6, 6.07) is 15.7. The van der Waals surface area contributed by atoms with E-state index in [1.165, 1.54) is 16.0 Å². The summed E-state index contributed by atoms with van der Waals surface area (Å²) in [6.45, 7) is 16.2. The first-order valence-electron chi connectivity index (χ1n) is 12.6. The molecule has 0 aromatic heterocycles. The third-order valence-electron chi connectivity index (χ3n) is 6.59. The van der Waals surface area contributed by atoms with Gasteiger partial charge in [0.25, 0.3) is 0 Å². The van der Waals surface area contributed by atoms with Crippen LogP contribution >= 0.6 is 9.16 Å². The van der Waals surface area contributed by atoms with Crippen molar-refractivity contribution in [1.29, 1.82) is 0 Å². The summed E-state index contributed by atoms with van der Waals surface area (Å²) in [5.41, 5.74) is 5.54. The Hall–Kier alpha value is -2.07. The lowest BCUT2D eigenvalue weighted by atomic mass is 9.88. The standard InChI is InChI=1S/C30H46N2OS/c1-20(2)24-13-12-14-25(21(3)4)28(24)32-27(29-31-26(19-33-29)30(5,6)7)22-15-17-23(18-16-22)34(8,9,10)11/h12-18,20-21,26,34H,19H2,1-11H3/b32-27+/t26-/m1/s1. The summed E-state index contributed by atoms with van der Waals surface area (Å²) in [4.78, 5) is 11.8. The van der Waals surface area contributed by atoms with Crippen LogP contribution in [0.1, 0.15) is 77.0 Å². The van der Waals surface area contributed by atoms with Gasteiger partial charge in [-0.25, -0.2) is 9.98 Å². The smallest absolute Gasteiger partial charge is 0.236 e. The summed E-state index contributed by atoms with van der Waals surface area (Å²) in [7, 11) is -1.85. The molecule has 2 aromatic rings. The molecule has 188 valence electrons. The number of para-hydroxylation sites is 1. The summed E-state index contributed by atoms with van der Waals surface area (Å²) < 4.78 is 6.23. The van der Waals surface area contributed by atoms with Crippen molar-refractivity contribution in [2.45, 2.75) is 71.2 Å². The predicted molar refractivity (Wildman–Crippen MR) is 155 cm³/mol. The van der Waals surface area contributed by atoms with E-state index in [0.717, 1.165) is 17.0 Å². The Balaban J connectivity index is 2.24. The van der Waals surface area contributed by atoms with Crippen molar-refractivity contribution in [2.24, 2.45) is 15.4 Å². The average Bonchev–Trinajstić information content (AvgIpc) is 3.21. The van der Waals surface area contributed by atoms with Crippen LogP contribution < -0.4 is 0 Å². The Morgan fingerprint density at radius 2 is 1.44 bits per heavy atom. The summed E-state index contributed by atoms with van der Waals surface area (Å²) in [5.74, 6) is 1.42. The van der Waals surface area contributed by atoms with Gasteiger partial charge >= 0.3 is 0 Å². The maximum atomic E-state index is 6.23. The van der Waals surface area contributed by atoms with Gasteiger partial charge in [0.1, 0.15) is 12.3 Å². The second kappa shape index (κ2) is 9.18. The summed E-state index contributed by atoms with van der Waals surface area (Å²) in [5, 5.41) is 0. The highest BCUT2D eigenvalue weighted by Gasteiger charge is 2.33. The number of hydrogen-bond donors (Lipinski definition) is 1. The average molecular weight is 483 g/mol. The van der Waals surface area contributed by atoms with E-state index in [1.807, 2.05) is 0 Å². The van der Waals surface area contributed by atoms with Crippen molar-refractivity contribution in [3.05, 3.63) is 59.2 Å². The Labute approximate surface area is 208 Å². The molecule has 34 heavy (non-hydrogen) atoms. The topological polar surface area (TPSA) is 34.0 Å². The van der Waals surface area contributed by atoms with Crippen molar-refractivity contribution in [3.8, 4) is 0 Å². The zero-order valence-electron chi connectivity index (χ0n) is 23.2. The van der Waals surface area contributed by atoms with Crippen molar-refractivity contribution in [2.75, 3.05) is 31.6 Å². The number of aliphatic imine (C=N–C) groups is 2. The molecule has 0 saturated heterocycles. The van der Waals surface area contributed by atoms with Gasteiger partial charge in [-0.3, -0.25) is 9.16 Å². The van der Waals surface area contributed by atoms with Crippen LogP contribution in [0.15, 0.2) is 57.3 Å². The van der Waals surface area contributed by atoms with Crippen LogP contribution in [0.4, 0.5) is 5.69 Å². The molecule has 0 amide bonds. The minimum Gasteiger partial charge on any atom is -0.474 e. The number of nitrogens with zero attached hydrogens (tertiary/aromatic N) is 2. The van der Waals surface area contributed by atoms with E-state index in [2.05, 4.69) is 116 Å². The van der Waals surface area contributed by atoms with Gasteiger partial charge in [0.15, 0.2) is 0 Å². The quantitative estimate of drug-likeness (QED) is 0.330.